The number of aryl methyl sites for hydroxylation is 2. The molecule has 2 amide bonds. The van der Waals surface area contributed by atoms with Crippen molar-refractivity contribution < 1.29 is 19.1 Å². The Balaban J connectivity index is 1.39. The summed E-state index contributed by atoms with van der Waals surface area (Å²) in [6.07, 6.45) is 0. The molecule has 0 aliphatic carbocycles. The second-order valence-corrected chi connectivity index (χ2v) is 11.3. The lowest BCUT2D eigenvalue weighted by Gasteiger charge is -2.56. The molecule has 4 aliphatic rings. The minimum atomic E-state index is -0.702. The number of carbonyl (C=O) groups excluding carboxylic acids is 3. The van der Waals surface area contributed by atoms with Crippen molar-refractivity contribution >= 4 is 17.6 Å². The normalized spacial score (nSPS) is 26.8. The van der Waals surface area contributed by atoms with Gasteiger partial charge in [0.15, 0.2) is 5.78 Å². The molecule has 9 heteroatoms. The van der Waals surface area contributed by atoms with Crippen molar-refractivity contribution in [1.82, 2.24) is 24.5 Å². The number of methoxy groups -OCH3 is 1. The predicted octanol–water partition coefficient (Wildman–Crippen LogP) is 1.64. The lowest BCUT2D eigenvalue weighted by molar-refractivity contribution is -0.169. The Bertz CT molecular complexity index is 1180. The number of Topliss-reactive ketones (excluding diaryl/α,β-unsaturated/α-hetero) is 1. The Hall–Kier alpha value is -3.20. The Morgan fingerprint density at radius 3 is 1.97 bits per heavy atom. The number of amides is 2. The van der Waals surface area contributed by atoms with Crippen LogP contribution in [0, 0.1) is 24.7 Å². The highest BCUT2D eigenvalue weighted by Crippen LogP contribution is 2.42. The van der Waals surface area contributed by atoms with E-state index in [9.17, 15) is 14.4 Å². The molecule has 6 rings (SSSR count). The van der Waals surface area contributed by atoms with E-state index in [0.717, 1.165) is 28.3 Å². The molecule has 0 spiro atoms. The van der Waals surface area contributed by atoms with Crippen LogP contribution in [0.2, 0.25) is 0 Å². The molecule has 0 N–H and O–H groups in total. The van der Waals surface area contributed by atoms with Gasteiger partial charge in [0.2, 0.25) is 11.8 Å². The number of aromatic nitrogens is 2. The van der Waals surface area contributed by atoms with Gasteiger partial charge in [-0.2, -0.15) is 5.10 Å². The van der Waals surface area contributed by atoms with E-state index in [2.05, 4.69) is 11.2 Å². The highest BCUT2D eigenvalue weighted by atomic mass is 16.5. The van der Waals surface area contributed by atoms with Crippen molar-refractivity contribution in [2.24, 2.45) is 10.8 Å². The van der Waals surface area contributed by atoms with E-state index in [1.54, 1.807) is 7.11 Å². The quantitative estimate of drug-likeness (QED) is 0.629. The maximum Gasteiger partial charge on any atom is 0.236 e. The molecule has 36 heavy (non-hydrogen) atoms. The van der Waals surface area contributed by atoms with Crippen LogP contribution < -0.4 is 4.74 Å². The highest BCUT2D eigenvalue weighted by molar-refractivity contribution is 5.96. The first kappa shape index (κ1) is 24.5. The lowest BCUT2D eigenvalue weighted by atomic mass is 9.64. The number of ether oxygens (including phenoxy) is 1. The van der Waals surface area contributed by atoms with Gasteiger partial charge in [-0.25, -0.2) is 0 Å². The molecule has 1 aromatic carbocycles. The summed E-state index contributed by atoms with van der Waals surface area (Å²) in [5, 5.41) is 4.57. The van der Waals surface area contributed by atoms with E-state index < -0.39 is 10.8 Å². The Kier molecular flexibility index (Phi) is 5.94. The summed E-state index contributed by atoms with van der Waals surface area (Å²) in [6.45, 7) is 10.6. The maximum absolute atomic E-state index is 13.4. The van der Waals surface area contributed by atoms with E-state index in [4.69, 9.17) is 4.74 Å². The molecule has 2 aromatic rings. The number of fused-ring (bicyclic) bond motifs is 4. The fraction of sp³-hybridized carbons (Fsp3) is 0.556. The molecule has 0 saturated carbocycles. The standard InChI is InChI=1S/C27H35N5O4/c1-18-8-19(2)32(28-18)11-21-9-20(6-7-22(21)36-5)10-29-12-23(33)30-14-26(3)15-31(24(34)13-29)17-27(4,16-30)25(26)35/h6-9H,10-17H2,1-5H3. The van der Waals surface area contributed by atoms with Crippen molar-refractivity contribution in [2.75, 3.05) is 46.4 Å². The van der Waals surface area contributed by atoms with Gasteiger partial charge in [-0.1, -0.05) is 6.07 Å². The highest BCUT2D eigenvalue weighted by Gasteiger charge is 2.57. The molecular weight excluding hydrogens is 458 g/mol. The Morgan fingerprint density at radius 2 is 1.47 bits per heavy atom. The van der Waals surface area contributed by atoms with Gasteiger partial charge in [-0.3, -0.25) is 24.0 Å². The summed E-state index contributed by atoms with van der Waals surface area (Å²) >= 11 is 0. The number of ketones is 1. The minimum absolute atomic E-state index is 0.0283. The summed E-state index contributed by atoms with van der Waals surface area (Å²) in [5.74, 6) is 0.893. The Morgan fingerprint density at radius 1 is 0.889 bits per heavy atom. The SMILES string of the molecule is COc1ccc(CN2CC(=O)N3CC4(C)CN(CC(C)(C3)C4=O)C(=O)C2)cc1Cn1nc(C)cc1C. The zero-order chi connectivity index (χ0) is 25.8. The van der Waals surface area contributed by atoms with E-state index in [1.807, 2.05) is 65.3 Å². The number of carbonyl (C=O) groups is 3. The monoisotopic (exact) mass is 493 g/mol. The van der Waals surface area contributed by atoms with Gasteiger partial charge in [0.1, 0.15) is 5.75 Å². The number of hydrogen-bond donors (Lipinski definition) is 0. The largest absolute Gasteiger partial charge is 0.496 e. The predicted molar refractivity (Wildman–Crippen MR) is 133 cm³/mol. The summed E-state index contributed by atoms with van der Waals surface area (Å²) < 4.78 is 7.55. The first-order chi connectivity index (χ1) is 17.0. The average Bonchev–Trinajstić information content (AvgIpc) is 3.11. The van der Waals surface area contributed by atoms with Crippen LogP contribution in [0.15, 0.2) is 24.3 Å². The molecule has 4 aliphatic heterocycles. The fourth-order valence-corrected chi connectivity index (χ4v) is 6.32. The Labute approximate surface area is 212 Å². The number of hydrogen-bond acceptors (Lipinski definition) is 6. The van der Waals surface area contributed by atoms with Crippen LogP contribution in [0.5, 0.6) is 5.75 Å². The molecule has 4 saturated heterocycles. The third kappa shape index (κ3) is 4.30. The van der Waals surface area contributed by atoms with Crippen LogP contribution >= 0.6 is 0 Å². The van der Waals surface area contributed by atoms with Crippen molar-refractivity contribution in [3.8, 4) is 5.75 Å². The van der Waals surface area contributed by atoms with Crippen LogP contribution in [0.4, 0.5) is 0 Å². The lowest BCUT2D eigenvalue weighted by Crippen LogP contribution is -2.71. The zero-order valence-corrected chi connectivity index (χ0v) is 21.8. The fourth-order valence-electron chi connectivity index (χ4n) is 6.32. The van der Waals surface area contributed by atoms with E-state index in [1.165, 1.54) is 0 Å². The smallest absolute Gasteiger partial charge is 0.236 e. The second-order valence-electron chi connectivity index (χ2n) is 11.3. The van der Waals surface area contributed by atoms with Gasteiger partial charge >= 0.3 is 0 Å². The first-order valence-electron chi connectivity index (χ1n) is 12.5. The van der Waals surface area contributed by atoms with Crippen LogP contribution in [-0.4, -0.2) is 88.5 Å². The number of benzene rings is 1. The van der Waals surface area contributed by atoms with Crippen molar-refractivity contribution in [3.63, 3.8) is 0 Å². The van der Waals surface area contributed by atoms with Crippen LogP contribution in [-0.2, 0) is 27.5 Å². The minimum Gasteiger partial charge on any atom is -0.496 e. The summed E-state index contributed by atoms with van der Waals surface area (Å²) in [6, 6.07) is 8.03. The number of nitrogens with zero attached hydrogens (tertiary/aromatic N) is 5. The van der Waals surface area contributed by atoms with Gasteiger partial charge in [-0.15, -0.1) is 0 Å². The van der Waals surface area contributed by atoms with Crippen LogP contribution in [0.1, 0.15) is 36.4 Å². The topological polar surface area (TPSA) is 88.0 Å². The van der Waals surface area contributed by atoms with Gasteiger partial charge in [0.25, 0.3) is 0 Å². The van der Waals surface area contributed by atoms with Crippen molar-refractivity contribution in [3.05, 3.63) is 46.8 Å². The van der Waals surface area contributed by atoms with E-state index in [-0.39, 0.29) is 30.7 Å². The molecule has 4 fully saturated rings. The third-order valence-corrected chi connectivity index (χ3v) is 7.85. The summed E-state index contributed by atoms with van der Waals surface area (Å²) in [5.41, 5.74) is 2.62. The number of piperidine rings is 2. The van der Waals surface area contributed by atoms with E-state index in [0.29, 0.717) is 39.3 Å². The molecule has 0 radical (unpaired) electrons. The molecule has 0 unspecified atom stereocenters. The first-order valence-corrected chi connectivity index (χ1v) is 12.5. The van der Waals surface area contributed by atoms with Gasteiger partial charge < -0.3 is 14.5 Å². The molecule has 0 atom stereocenters. The number of rotatable bonds is 5. The molecular formula is C27H35N5O4. The summed E-state index contributed by atoms with van der Waals surface area (Å²) in [4.78, 5) is 45.5. The molecule has 1 aromatic heterocycles. The van der Waals surface area contributed by atoms with Gasteiger partial charge in [0, 0.05) is 44.0 Å². The molecule has 192 valence electrons. The molecule has 5 heterocycles. The van der Waals surface area contributed by atoms with Crippen molar-refractivity contribution in [1.29, 1.82) is 0 Å². The zero-order valence-electron chi connectivity index (χ0n) is 21.8. The average molecular weight is 494 g/mol. The molecule has 4 bridgehead atoms. The van der Waals surface area contributed by atoms with Crippen molar-refractivity contribution in [2.45, 2.75) is 40.8 Å². The van der Waals surface area contributed by atoms with Gasteiger partial charge in [0.05, 0.1) is 43.3 Å². The summed E-state index contributed by atoms with van der Waals surface area (Å²) in [7, 11) is 1.65. The molecule has 9 nitrogen and oxygen atoms in total. The van der Waals surface area contributed by atoms with Crippen LogP contribution in [0.3, 0.4) is 0 Å². The van der Waals surface area contributed by atoms with E-state index >= 15 is 0 Å². The maximum atomic E-state index is 13.4. The van der Waals surface area contributed by atoms with Crippen LogP contribution in [0.25, 0.3) is 0 Å². The van der Waals surface area contributed by atoms with Gasteiger partial charge in [-0.05, 0) is 51.5 Å². The third-order valence-electron chi connectivity index (χ3n) is 7.85. The second kappa shape index (κ2) is 8.73.